The van der Waals surface area contributed by atoms with Crippen LogP contribution in [0.5, 0.6) is 0 Å². The van der Waals surface area contributed by atoms with Gasteiger partial charge >= 0.3 is 0 Å². The summed E-state index contributed by atoms with van der Waals surface area (Å²) >= 11 is 1.97. The first-order valence-corrected chi connectivity index (χ1v) is 8.04. The second-order valence-corrected chi connectivity index (χ2v) is 5.75. The van der Waals surface area contributed by atoms with Gasteiger partial charge in [-0.3, -0.25) is 11.3 Å². The molecular formula is C13H30N2S. The van der Waals surface area contributed by atoms with E-state index in [2.05, 4.69) is 19.3 Å². The molecule has 0 fully saturated rings. The normalized spacial score (nSPS) is 12.9. The van der Waals surface area contributed by atoms with Gasteiger partial charge in [-0.2, -0.15) is 11.8 Å². The highest BCUT2D eigenvalue weighted by Gasteiger charge is 2.05. The highest BCUT2D eigenvalue weighted by molar-refractivity contribution is 7.99. The van der Waals surface area contributed by atoms with Gasteiger partial charge in [0.25, 0.3) is 0 Å². The number of nitrogens with two attached hydrogens (primary N) is 1. The molecule has 0 aromatic rings. The summed E-state index contributed by atoms with van der Waals surface area (Å²) in [5, 5.41) is 0. The van der Waals surface area contributed by atoms with Crippen molar-refractivity contribution < 1.29 is 0 Å². The molecule has 0 amide bonds. The first kappa shape index (κ1) is 16.3. The van der Waals surface area contributed by atoms with Crippen LogP contribution in [0.4, 0.5) is 0 Å². The minimum absolute atomic E-state index is 0.514. The van der Waals surface area contributed by atoms with Gasteiger partial charge < -0.3 is 0 Å². The van der Waals surface area contributed by atoms with Crippen molar-refractivity contribution in [3.05, 3.63) is 0 Å². The van der Waals surface area contributed by atoms with Crippen molar-refractivity contribution in [3.8, 4) is 0 Å². The Morgan fingerprint density at radius 3 is 2.19 bits per heavy atom. The topological polar surface area (TPSA) is 38.0 Å². The van der Waals surface area contributed by atoms with Gasteiger partial charge in [-0.25, -0.2) is 0 Å². The smallest absolute Gasteiger partial charge is 0.0301 e. The summed E-state index contributed by atoms with van der Waals surface area (Å²) in [6.07, 6.45) is 10.9. The van der Waals surface area contributed by atoms with Gasteiger partial charge in [0.05, 0.1) is 0 Å². The van der Waals surface area contributed by atoms with Crippen LogP contribution in [0, 0.1) is 0 Å². The van der Waals surface area contributed by atoms with E-state index in [1.54, 1.807) is 0 Å². The van der Waals surface area contributed by atoms with E-state index >= 15 is 0 Å². The third-order valence-corrected chi connectivity index (χ3v) is 3.96. The van der Waals surface area contributed by atoms with E-state index in [4.69, 9.17) is 5.84 Å². The monoisotopic (exact) mass is 246 g/mol. The van der Waals surface area contributed by atoms with Crippen molar-refractivity contribution in [3.63, 3.8) is 0 Å². The number of unbranched alkanes of at least 4 members (excludes halogenated alkanes) is 6. The SMILES string of the molecule is CCCCCCCCCC(CSCC)NN. The van der Waals surface area contributed by atoms with Gasteiger partial charge in [0.2, 0.25) is 0 Å². The lowest BCUT2D eigenvalue weighted by atomic mass is 10.1. The molecule has 0 aromatic heterocycles. The standard InChI is InChI=1S/C13H30N2S/c1-3-5-6-7-8-9-10-11-13(15-14)12-16-4-2/h13,15H,3-12,14H2,1-2H3. The number of hydrazine groups is 1. The quantitative estimate of drug-likeness (QED) is 0.313. The van der Waals surface area contributed by atoms with Gasteiger partial charge in [-0.05, 0) is 12.2 Å². The molecule has 0 heterocycles. The molecule has 1 atom stereocenters. The van der Waals surface area contributed by atoms with Gasteiger partial charge in [0.1, 0.15) is 0 Å². The van der Waals surface area contributed by atoms with Gasteiger partial charge in [-0.15, -0.1) is 0 Å². The molecule has 0 saturated heterocycles. The molecule has 0 aliphatic heterocycles. The Balaban J connectivity index is 3.20. The highest BCUT2D eigenvalue weighted by atomic mass is 32.2. The van der Waals surface area contributed by atoms with Crippen LogP contribution in [0.2, 0.25) is 0 Å². The van der Waals surface area contributed by atoms with Gasteiger partial charge in [-0.1, -0.05) is 58.8 Å². The van der Waals surface area contributed by atoms with E-state index < -0.39 is 0 Å². The van der Waals surface area contributed by atoms with Crippen LogP contribution in [0.25, 0.3) is 0 Å². The Hall–Kier alpha value is 0.270. The predicted octanol–water partition coefficient (Wildman–Crippen LogP) is 3.71. The first-order chi connectivity index (χ1) is 7.85. The minimum Gasteiger partial charge on any atom is -0.271 e. The Kier molecular flexibility index (Phi) is 13.6. The zero-order valence-electron chi connectivity index (χ0n) is 11.1. The maximum atomic E-state index is 5.53. The Labute approximate surface area is 106 Å². The van der Waals surface area contributed by atoms with E-state index in [1.165, 1.54) is 57.1 Å². The summed E-state index contributed by atoms with van der Waals surface area (Å²) in [5.74, 6) is 7.88. The average Bonchev–Trinajstić information content (AvgIpc) is 2.32. The molecule has 0 bridgehead atoms. The molecular weight excluding hydrogens is 216 g/mol. The van der Waals surface area contributed by atoms with E-state index in [-0.39, 0.29) is 0 Å². The third kappa shape index (κ3) is 10.8. The van der Waals surface area contributed by atoms with Crippen molar-refractivity contribution >= 4 is 11.8 Å². The zero-order chi connectivity index (χ0) is 12.1. The summed E-state index contributed by atoms with van der Waals surface area (Å²) in [7, 11) is 0. The van der Waals surface area contributed by atoms with Crippen LogP contribution in [0.1, 0.15) is 65.2 Å². The van der Waals surface area contributed by atoms with E-state index in [0.717, 1.165) is 5.75 Å². The number of thioether (sulfide) groups is 1. The van der Waals surface area contributed by atoms with Crippen molar-refractivity contribution in [2.45, 2.75) is 71.3 Å². The lowest BCUT2D eigenvalue weighted by Crippen LogP contribution is -2.37. The van der Waals surface area contributed by atoms with E-state index in [1.807, 2.05) is 11.8 Å². The highest BCUT2D eigenvalue weighted by Crippen LogP contribution is 2.11. The number of hydrogen-bond acceptors (Lipinski definition) is 3. The first-order valence-electron chi connectivity index (χ1n) is 6.89. The molecule has 0 rings (SSSR count). The second kappa shape index (κ2) is 13.3. The summed E-state index contributed by atoms with van der Waals surface area (Å²) in [6, 6.07) is 0.514. The largest absolute Gasteiger partial charge is 0.271 e. The third-order valence-electron chi connectivity index (χ3n) is 2.92. The summed E-state index contributed by atoms with van der Waals surface area (Å²) in [5.41, 5.74) is 2.93. The summed E-state index contributed by atoms with van der Waals surface area (Å²) in [4.78, 5) is 0. The molecule has 3 heteroatoms. The lowest BCUT2D eigenvalue weighted by molar-refractivity contribution is 0.492. The number of nitrogens with one attached hydrogen (secondary N) is 1. The summed E-state index contributed by atoms with van der Waals surface area (Å²) in [6.45, 7) is 4.47. The molecule has 1 unspecified atom stereocenters. The molecule has 0 saturated carbocycles. The Morgan fingerprint density at radius 2 is 1.62 bits per heavy atom. The van der Waals surface area contributed by atoms with E-state index in [9.17, 15) is 0 Å². The Bertz CT molecular complexity index is 131. The number of rotatable bonds is 12. The minimum atomic E-state index is 0.514. The fraction of sp³-hybridized carbons (Fsp3) is 1.00. The van der Waals surface area contributed by atoms with Crippen LogP contribution in [0.15, 0.2) is 0 Å². The second-order valence-electron chi connectivity index (χ2n) is 4.43. The van der Waals surface area contributed by atoms with Gasteiger partial charge in [0.15, 0.2) is 0 Å². The van der Waals surface area contributed by atoms with Crippen molar-refractivity contribution in [2.24, 2.45) is 5.84 Å². The van der Waals surface area contributed by atoms with Crippen LogP contribution < -0.4 is 11.3 Å². The molecule has 0 aliphatic rings. The fourth-order valence-corrected chi connectivity index (χ4v) is 2.61. The van der Waals surface area contributed by atoms with Crippen molar-refractivity contribution in [1.29, 1.82) is 0 Å². The molecule has 0 radical (unpaired) electrons. The molecule has 0 aromatic carbocycles. The number of hydrogen-bond donors (Lipinski definition) is 2. The molecule has 16 heavy (non-hydrogen) atoms. The maximum Gasteiger partial charge on any atom is 0.0301 e. The molecule has 0 aliphatic carbocycles. The fourth-order valence-electron chi connectivity index (χ4n) is 1.82. The average molecular weight is 246 g/mol. The molecule has 2 nitrogen and oxygen atoms in total. The van der Waals surface area contributed by atoms with Crippen LogP contribution >= 0.6 is 11.8 Å². The van der Waals surface area contributed by atoms with Crippen molar-refractivity contribution in [1.82, 2.24) is 5.43 Å². The molecule has 3 N–H and O–H groups in total. The van der Waals surface area contributed by atoms with E-state index in [0.29, 0.717) is 6.04 Å². The maximum absolute atomic E-state index is 5.53. The molecule has 0 spiro atoms. The predicted molar refractivity (Wildman–Crippen MR) is 76.7 cm³/mol. The lowest BCUT2D eigenvalue weighted by Gasteiger charge is -2.14. The zero-order valence-corrected chi connectivity index (χ0v) is 12.0. The van der Waals surface area contributed by atoms with Crippen LogP contribution in [-0.4, -0.2) is 17.5 Å². The molecule has 98 valence electrons. The van der Waals surface area contributed by atoms with Gasteiger partial charge in [0, 0.05) is 11.8 Å². The Morgan fingerprint density at radius 1 is 1.00 bits per heavy atom. The van der Waals surface area contributed by atoms with Crippen LogP contribution in [0.3, 0.4) is 0 Å². The van der Waals surface area contributed by atoms with Crippen LogP contribution in [-0.2, 0) is 0 Å². The summed E-state index contributed by atoms with van der Waals surface area (Å²) < 4.78 is 0. The van der Waals surface area contributed by atoms with Crippen molar-refractivity contribution in [2.75, 3.05) is 11.5 Å².